The molecule has 1 aliphatic rings. The molecule has 0 fully saturated rings. The van der Waals surface area contributed by atoms with E-state index in [1.165, 1.54) is 0 Å². The van der Waals surface area contributed by atoms with Crippen molar-refractivity contribution in [2.24, 2.45) is 0 Å². The average Bonchev–Trinajstić information content (AvgIpc) is 3.15. The topological polar surface area (TPSA) is 68.6 Å². The van der Waals surface area contributed by atoms with Crippen LogP contribution in [-0.2, 0) is 6.54 Å². The summed E-state index contributed by atoms with van der Waals surface area (Å²) >= 11 is 6.24. The maximum absolute atomic E-state index is 12.8. The molecular formula is C21H21ClN4O3. The van der Waals surface area contributed by atoms with Crippen LogP contribution in [0.1, 0.15) is 15.9 Å². The number of rotatable bonds is 5. The standard InChI is InChI=1S/C21H21ClN4O3/c1-25(2)16-5-3-14(4-6-16)13-26-19(7-8-23-26)24-21(27)15-11-17(22)20-18(12-15)28-9-10-29-20/h3-8,11-12H,9-10,13H2,1-2H3,(H,24,27). The number of nitrogens with zero attached hydrogens (tertiary/aromatic N) is 3. The van der Waals surface area contributed by atoms with Crippen LogP contribution < -0.4 is 19.7 Å². The number of amides is 1. The lowest BCUT2D eigenvalue weighted by atomic mass is 10.1. The number of nitrogens with one attached hydrogen (secondary N) is 1. The van der Waals surface area contributed by atoms with E-state index in [0.29, 0.717) is 47.7 Å². The van der Waals surface area contributed by atoms with Gasteiger partial charge < -0.3 is 19.7 Å². The Bertz CT molecular complexity index is 1030. The zero-order valence-corrected chi connectivity index (χ0v) is 16.9. The number of carbonyl (C=O) groups excluding carboxylic acids is 1. The molecule has 0 spiro atoms. The highest BCUT2D eigenvalue weighted by atomic mass is 35.5. The minimum absolute atomic E-state index is 0.298. The molecule has 3 aromatic rings. The number of anilines is 2. The monoisotopic (exact) mass is 412 g/mol. The second-order valence-corrected chi connectivity index (χ2v) is 7.28. The van der Waals surface area contributed by atoms with Gasteiger partial charge in [-0.3, -0.25) is 4.79 Å². The van der Waals surface area contributed by atoms with Gasteiger partial charge in [-0.25, -0.2) is 4.68 Å². The van der Waals surface area contributed by atoms with Gasteiger partial charge in [-0.05, 0) is 29.8 Å². The Morgan fingerprint density at radius 2 is 1.93 bits per heavy atom. The molecule has 8 heteroatoms. The van der Waals surface area contributed by atoms with Crippen molar-refractivity contribution in [1.29, 1.82) is 0 Å². The van der Waals surface area contributed by atoms with Gasteiger partial charge in [0.2, 0.25) is 0 Å². The Morgan fingerprint density at radius 1 is 1.17 bits per heavy atom. The number of fused-ring (bicyclic) bond motifs is 1. The maximum atomic E-state index is 12.8. The predicted octanol–water partition coefficient (Wildman–Crippen LogP) is 3.67. The largest absolute Gasteiger partial charge is 0.486 e. The summed E-state index contributed by atoms with van der Waals surface area (Å²) in [4.78, 5) is 14.8. The van der Waals surface area contributed by atoms with Crippen LogP contribution in [0.25, 0.3) is 0 Å². The molecule has 29 heavy (non-hydrogen) atoms. The van der Waals surface area contributed by atoms with E-state index in [1.54, 1.807) is 29.1 Å². The molecule has 0 unspecified atom stereocenters. The zero-order chi connectivity index (χ0) is 20.4. The first-order valence-corrected chi connectivity index (χ1v) is 9.57. The molecule has 0 saturated carbocycles. The summed E-state index contributed by atoms with van der Waals surface area (Å²) in [6, 6.07) is 13.2. The van der Waals surface area contributed by atoms with Crippen molar-refractivity contribution in [2.45, 2.75) is 6.54 Å². The third kappa shape index (κ3) is 4.14. The van der Waals surface area contributed by atoms with Gasteiger partial charge in [0.15, 0.2) is 11.5 Å². The molecule has 2 aromatic carbocycles. The number of hydrogen-bond donors (Lipinski definition) is 1. The Hall–Kier alpha value is -3.19. The van der Waals surface area contributed by atoms with Gasteiger partial charge in [0, 0.05) is 31.4 Å². The third-order valence-electron chi connectivity index (χ3n) is 4.60. The highest BCUT2D eigenvalue weighted by Crippen LogP contribution is 2.38. The Kier molecular flexibility index (Phi) is 5.31. The first kappa shape index (κ1) is 19.1. The first-order valence-electron chi connectivity index (χ1n) is 9.20. The van der Waals surface area contributed by atoms with Gasteiger partial charge in [-0.2, -0.15) is 5.10 Å². The van der Waals surface area contributed by atoms with E-state index in [2.05, 4.69) is 10.4 Å². The molecule has 0 atom stereocenters. The Labute approximate surface area is 173 Å². The number of carbonyl (C=O) groups is 1. The van der Waals surface area contributed by atoms with Gasteiger partial charge >= 0.3 is 0 Å². The van der Waals surface area contributed by atoms with Crippen LogP contribution in [0.2, 0.25) is 5.02 Å². The minimum atomic E-state index is -0.298. The smallest absolute Gasteiger partial charge is 0.257 e. The van der Waals surface area contributed by atoms with Crippen LogP contribution in [0.15, 0.2) is 48.7 Å². The summed E-state index contributed by atoms with van der Waals surface area (Å²) in [6.45, 7) is 1.40. The molecule has 0 aliphatic carbocycles. The number of halogens is 1. The van der Waals surface area contributed by atoms with E-state index in [0.717, 1.165) is 11.3 Å². The van der Waals surface area contributed by atoms with Crippen LogP contribution in [0.4, 0.5) is 11.5 Å². The molecule has 7 nitrogen and oxygen atoms in total. The number of hydrogen-bond acceptors (Lipinski definition) is 5. The lowest BCUT2D eigenvalue weighted by Crippen LogP contribution is -2.19. The lowest BCUT2D eigenvalue weighted by Gasteiger charge is -2.20. The van der Waals surface area contributed by atoms with Gasteiger partial charge in [0.25, 0.3) is 5.91 Å². The molecular weight excluding hydrogens is 392 g/mol. The predicted molar refractivity (Wildman–Crippen MR) is 112 cm³/mol. The summed E-state index contributed by atoms with van der Waals surface area (Å²) in [6.07, 6.45) is 1.65. The van der Waals surface area contributed by atoms with Crippen LogP contribution in [0, 0.1) is 0 Å². The molecule has 0 saturated heterocycles. The summed E-state index contributed by atoms with van der Waals surface area (Å²) in [7, 11) is 4.00. The Morgan fingerprint density at radius 3 is 2.69 bits per heavy atom. The van der Waals surface area contributed by atoms with Crippen molar-refractivity contribution in [3.8, 4) is 11.5 Å². The highest BCUT2D eigenvalue weighted by molar-refractivity contribution is 6.32. The van der Waals surface area contributed by atoms with E-state index in [1.807, 2.05) is 43.3 Å². The second-order valence-electron chi connectivity index (χ2n) is 6.87. The van der Waals surface area contributed by atoms with Crippen molar-refractivity contribution >= 4 is 29.0 Å². The van der Waals surface area contributed by atoms with Crippen molar-refractivity contribution < 1.29 is 14.3 Å². The van der Waals surface area contributed by atoms with Crippen LogP contribution in [-0.4, -0.2) is 43.0 Å². The summed E-state index contributed by atoms with van der Waals surface area (Å²) in [5.41, 5.74) is 2.60. The normalized spacial score (nSPS) is 12.5. The van der Waals surface area contributed by atoms with Crippen molar-refractivity contribution in [3.05, 3.63) is 64.8 Å². The van der Waals surface area contributed by atoms with Crippen molar-refractivity contribution in [3.63, 3.8) is 0 Å². The van der Waals surface area contributed by atoms with E-state index in [-0.39, 0.29) is 5.91 Å². The molecule has 0 radical (unpaired) electrons. The van der Waals surface area contributed by atoms with Crippen LogP contribution in [0.5, 0.6) is 11.5 Å². The second kappa shape index (κ2) is 8.05. The molecule has 1 amide bonds. The molecule has 0 bridgehead atoms. The van der Waals surface area contributed by atoms with Gasteiger partial charge in [0.05, 0.1) is 17.8 Å². The average molecular weight is 413 g/mol. The van der Waals surface area contributed by atoms with E-state index >= 15 is 0 Å². The van der Waals surface area contributed by atoms with Gasteiger partial charge in [-0.15, -0.1) is 0 Å². The Balaban J connectivity index is 1.50. The third-order valence-corrected chi connectivity index (χ3v) is 4.88. The minimum Gasteiger partial charge on any atom is -0.486 e. The van der Waals surface area contributed by atoms with E-state index in [4.69, 9.17) is 21.1 Å². The number of aromatic nitrogens is 2. The SMILES string of the molecule is CN(C)c1ccc(Cn2nccc2NC(=O)c2cc(Cl)c3c(c2)OCCO3)cc1. The first-order chi connectivity index (χ1) is 14.0. The highest BCUT2D eigenvalue weighted by Gasteiger charge is 2.20. The van der Waals surface area contributed by atoms with Gasteiger partial charge in [0.1, 0.15) is 19.0 Å². The van der Waals surface area contributed by atoms with Crippen LogP contribution in [0.3, 0.4) is 0 Å². The molecule has 2 heterocycles. The fourth-order valence-corrected chi connectivity index (χ4v) is 3.33. The number of ether oxygens (including phenoxy) is 2. The molecule has 1 aromatic heterocycles. The molecule has 1 N–H and O–H groups in total. The lowest BCUT2D eigenvalue weighted by molar-refractivity contribution is 0.102. The van der Waals surface area contributed by atoms with E-state index in [9.17, 15) is 4.79 Å². The van der Waals surface area contributed by atoms with E-state index < -0.39 is 0 Å². The van der Waals surface area contributed by atoms with Crippen molar-refractivity contribution in [1.82, 2.24) is 9.78 Å². The van der Waals surface area contributed by atoms with Gasteiger partial charge in [-0.1, -0.05) is 23.7 Å². The summed E-state index contributed by atoms with van der Waals surface area (Å²) < 4.78 is 12.8. The quantitative estimate of drug-likeness (QED) is 0.692. The maximum Gasteiger partial charge on any atom is 0.257 e. The number of benzene rings is 2. The summed E-state index contributed by atoms with van der Waals surface area (Å²) in [5, 5.41) is 7.56. The van der Waals surface area contributed by atoms with Crippen molar-refractivity contribution in [2.75, 3.05) is 37.5 Å². The zero-order valence-electron chi connectivity index (χ0n) is 16.2. The fraction of sp³-hybridized carbons (Fsp3) is 0.238. The fourth-order valence-electron chi connectivity index (χ4n) is 3.07. The molecule has 150 valence electrons. The molecule has 1 aliphatic heterocycles. The summed E-state index contributed by atoms with van der Waals surface area (Å²) in [5.74, 6) is 1.25. The molecule has 4 rings (SSSR count). The van der Waals surface area contributed by atoms with Crippen LogP contribution >= 0.6 is 11.6 Å².